The fourth-order valence-electron chi connectivity index (χ4n) is 7.42. The van der Waals surface area contributed by atoms with Gasteiger partial charge in [-0.05, 0) is 63.9 Å². The molecule has 0 aromatic rings. The van der Waals surface area contributed by atoms with E-state index < -0.39 is 26.6 Å². The maximum Gasteiger partial charge on any atom is 0.306 e. The molecule has 374 valence electrons. The third-order valence-electron chi connectivity index (χ3n) is 11.5. The summed E-state index contributed by atoms with van der Waals surface area (Å²) in [5, 5.41) is 3.00. The Morgan fingerprint density at radius 2 is 1.00 bits per heavy atom. The predicted molar refractivity (Wildman–Crippen MR) is 270 cm³/mol. The lowest BCUT2D eigenvalue weighted by molar-refractivity contribution is -0.870. The Morgan fingerprint density at radius 3 is 1.50 bits per heavy atom. The molecule has 0 fully saturated rings. The molecule has 0 spiro atoms. The number of phosphoric ester groups is 1. The molecule has 0 radical (unpaired) electrons. The van der Waals surface area contributed by atoms with Crippen LogP contribution in [0.3, 0.4) is 0 Å². The molecular weight excluding hydrogens is 820 g/mol. The molecule has 10 heteroatoms. The number of quaternary nitrogens is 1. The van der Waals surface area contributed by atoms with E-state index in [2.05, 4.69) is 62.5 Å². The highest BCUT2D eigenvalue weighted by Gasteiger charge is 2.27. The molecular formula is C54H101N2O7P. The largest absolute Gasteiger partial charge is 0.756 e. The number of hydrogen-bond donors (Lipinski definition) is 1. The summed E-state index contributed by atoms with van der Waals surface area (Å²) in [4.78, 5) is 39.7. The molecule has 0 bridgehead atoms. The first kappa shape index (κ1) is 62.0. The molecule has 0 aromatic heterocycles. The van der Waals surface area contributed by atoms with Crippen LogP contribution in [0.5, 0.6) is 0 Å². The van der Waals surface area contributed by atoms with Crippen LogP contribution in [0, 0.1) is 0 Å². The van der Waals surface area contributed by atoms with Gasteiger partial charge in [-0.25, -0.2) is 0 Å². The van der Waals surface area contributed by atoms with E-state index in [1.807, 2.05) is 33.3 Å². The second-order valence-electron chi connectivity index (χ2n) is 19.0. The van der Waals surface area contributed by atoms with Gasteiger partial charge in [0.15, 0.2) is 0 Å². The number of carbonyl (C=O) groups is 2. The zero-order valence-corrected chi connectivity index (χ0v) is 43.4. The van der Waals surface area contributed by atoms with Gasteiger partial charge in [0, 0.05) is 12.8 Å². The molecule has 0 rings (SSSR count). The smallest absolute Gasteiger partial charge is 0.306 e. The number of unbranched alkanes of at least 4 members (excludes halogenated alkanes) is 25. The van der Waals surface area contributed by atoms with Crippen molar-refractivity contribution in [2.45, 2.75) is 245 Å². The topological polar surface area (TPSA) is 114 Å². The van der Waals surface area contributed by atoms with Crippen LogP contribution in [0.15, 0.2) is 48.6 Å². The Morgan fingerprint density at radius 1 is 0.562 bits per heavy atom. The summed E-state index contributed by atoms with van der Waals surface area (Å²) in [6, 6.07) is -0.895. The zero-order valence-electron chi connectivity index (χ0n) is 42.5. The maximum absolute atomic E-state index is 13.4. The van der Waals surface area contributed by atoms with Crippen molar-refractivity contribution in [2.75, 3.05) is 40.9 Å². The van der Waals surface area contributed by atoms with Gasteiger partial charge in [0.1, 0.15) is 19.3 Å². The molecule has 0 saturated carbocycles. The van der Waals surface area contributed by atoms with E-state index in [4.69, 9.17) is 13.8 Å². The Labute approximate surface area is 395 Å². The van der Waals surface area contributed by atoms with Crippen molar-refractivity contribution in [3.8, 4) is 0 Å². The highest BCUT2D eigenvalue weighted by molar-refractivity contribution is 7.45. The second-order valence-corrected chi connectivity index (χ2v) is 20.4. The molecule has 0 aliphatic carbocycles. The Kier molecular flexibility index (Phi) is 43.4. The molecule has 64 heavy (non-hydrogen) atoms. The molecule has 0 aromatic carbocycles. The van der Waals surface area contributed by atoms with Crippen molar-refractivity contribution in [1.82, 2.24) is 5.32 Å². The van der Waals surface area contributed by atoms with Crippen LogP contribution >= 0.6 is 7.82 Å². The molecule has 9 nitrogen and oxygen atoms in total. The molecule has 1 N–H and O–H groups in total. The van der Waals surface area contributed by atoms with Crippen LogP contribution in [-0.4, -0.2) is 69.4 Å². The second kappa shape index (κ2) is 44.8. The van der Waals surface area contributed by atoms with Gasteiger partial charge in [-0.3, -0.25) is 14.2 Å². The minimum absolute atomic E-state index is 0.0265. The first-order chi connectivity index (χ1) is 30.9. The van der Waals surface area contributed by atoms with Crippen molar-refractivity contribution in [1.29, 1.82) is 0 Å². The van der Waals surface area contributed by atoms with E-state index >= 15 is 0 Å². The van der Waals surface area contributed by atoms with E-state index in [1.54, 1.807) is 0 Å². The third kappa shape index (κ3) is 45.1. The van der Waals surface area contributed by atoms with Crippen LogP contribution in [0.25, 0.3) is 0 Å². The number of likely N-dealkylation sites (N-methyl/N-ethyl adjacent to an activating group) is 1. The molecule has 0 aliphatic rings. The van der Waals surface area contributed by atoms with Crippen LogP contribution in [0.2, 0.25) is 0 Å². The standard InChI is InChI=1S/C54H101N2O7P/c1-7-10-13-16-19-22-25-27-29-32-34-37-40-43-46-53(57)55-51(50-62-64(59,60)61-49-48-56(4,5)6)52(45-42-39-36-33-31-28-26-23-20-17-14-11-8-2)63-54(58)47-44-41-38-35-30-24-21-18-15-12-9-3/h10,13,19,22,27,29,42,45,51-52H,7-9,11-12,14-18,20-21,23-26,28,30-41,43-44,46-50H2,1-6H3,(H-,55,57,59,60)/b13-10+,22-19+,29-27+,45-42+. The van der Waals surface area contributed by atoms with Gasteiger partial charge in [-0.15, -0.1) is 0 Å². The number of allylic oxidation sites excluding steroid dienone is 7. The molecule has 0 saturated heterocycles. The number of amides is 1. The minimum atomic E-state index is -4.69. The normalized spacial score (nSPS) is 14.3. The van der Waals surface area contributed by atoms with Crippen LogP contribution < -0.4 is 10.2 Å². The van der Waals surface area contributed by atoms with Gasteiger partial charge < -0.3 is 28.5 Å². The first-order valence-electron chi connectivity index (χ1n) is 26.4. The van der Waals surface area contributed by atoms with Crippen LogP contribution in [0.1, 0.15) is 233 Å². The first-order valence-corrected chi connectivity index (χ1v) is 27.9. The van der Waals surface area contributed by atoms with Gasteiger partial charge in [-0.1, -0.05) is 205 Å². The average molecular weight is 921 g/mol. The SMILES string of the molecule is CC/C=C/C/C=C/C/C=C/CCCCCCC(=O)NC(COP(=O)([O-])OCC[N+](C)(C)C)C(/C=C/CCCCCCCCCCCCC)OC(=O)CCCCCCCCCCCCC. The lowest BCUT2D eigenvalue weighted by Crippen LogP contribution is -2.47. The summed E-state index contributed by atoms with van der Waals surface area (Å²) >= 11 is 0. The van der Waals surface area contributed by atoms with E-state index in [1.165, 1.54) is 109 Å². The van der Waals surface area contributed by atoms with Crippen LogP contribution in [0.4, 0.5) is 0 Å². The van der Waals surface area contributed by atoms with Crippen molar-refractivity contribution in [2.24, 2.45) is 0 Å². The molecule has 3 atom stereocenters. The summed E-state index contributed by atoms with van der Waals surface area (Å²) in [6.45, 7) is 6.69. The highest BCUT2D eigenvalue weighted by Crippen LogP contribution is 2.38. The van der Waals surface area contributed by atoms with Crippen molar-refractivity contribution < 1.29 is 37.3 Å². The lowest BCUT2D eigenvalue weighted by Gasteiger charge is -2.30. The van der Waals surface area contributed by atoms with Crippen molar-refractivity contribution in [3.05, 3.63) is 48.6 Å². The van der Waals surface area contributed by atoms with E-state index in [0.29, 0.717) is 23.9 Å². The average Bonchev–Trinajstić information content (AvgIpc) is 3.25. The predicted octanol–water partition coefficient (Wildman–Crippen LogP) is 14.7. The van der Waals surface area contributed by atoms with Gasteiger partial charge in [-0.2, -0.15) is 0 Å². The van der Waals surface area contributed by atoms with Gasteiger partial charge in [0.05, 0.1) is 33.8 Å². The van der Waals surface area contributed by atoms with E-state index in [0.717, 1.165) is 83.5 Å². The quantitative estimate of drug-likeness (QED) is 0.0213. The third-order valence-corrected chi connectivity index (χ3v) is 12.5. The van der Waals surface area contributed by atoms with Crippen molar-refractivity contribution in [3.63, 3.8) is 0 Å². The Hall–Kier alpha value is -2.03. The summed E-state index contributed by atoms with van der Waals surface area (Å²) in [5.74, 6) is -0.566. The molecule has 3 unspecified atom stereocenters. The zero-order chi connectivity index (χ0) is 47.3. The molecule has 0 aliphatic heterocycles. The summed E-state index contributed by atoms with van der Waals surface area (Å²) in [6.07, 6.45) is 52.1. The number of rotatable bonds is 47. The van der Waals surface area contributed by atoms with Gasteiger partial charge >= 0.3 is 5.97 Å². The summed E-state index contributed by atoms with van der Waals surface area (Å²) in [7, 11) is 1.17. The Balaban J connectivity index is 5.47. The molecule has 1 amide bonds. The van der Waals surface area contributed by atoms with Gasteiger partial charge in [0.25, 0.3) is 7.82 Å². The van der Waals surface area contributed by atoms with Crippen molar-refractivity contribution >= 4 is 19.7 Å². The van der Waals surface area contributed by atoms with Gasteiger partial charge in [0.2, 0.25) is 5.91 Å². The Bertz CT molecular complexity index is 1240. The number of hydrogen-bond acceptors (Lipinski definition) is 7. The maximum atomic E-state index is 13.4. The molecule has 0 heterocycles. The summed E-state index contributed by atoms with van der Waals surface area (Å²) in [5.41, 5.74) is 0. The number of ether oxygens (including phenoxy) is 1. The lowest BCUT2D eigenvalue weighted by atomic mass is 10.0. The number of phosphoric acid groups is 1. The van der Waals surface area contributed by atoms with Crippen LogP contribution in [-0.2, 0) is 27.9 Å². The number of nitrogens with one attached hydrogen (secondary N) is 1. The number of nitrogens with zero attached hydrogens (tertiary/aromatic N) is 1. The number of esters is 1. The minimum Gasteiger partial charge on any atom is -0.756 e. The monoisotopic (exact) mass is 921 g/mol. The van der Waals surface area contributed by atoms with E-state index in [-0.39, 0.29) is 24.9 Å². The highest BCUT2D eigenvalue weighted by atomic mass is 31.2. The fraction of sp³-hybridized carbons (Fsp3) is 0.815. The fourth-order valence-corrected chi connectivity index (χ4v) is 8.14. The number of carbonyl (C=O) groups excluding carboxylic acids is 2. The van der Waals surface area contributed by atoms with E-state index in [9.17, 15) is 19.0 Å². The summed E-state index contributed by atoms with van der Waals surface area (Å²) < 4.78 is 30.1.